The fourth-order valence-electron chi connectivity index (χ4n) is 3.84. The van der Waals surface area contributed by atoms with E-state index in [1.54, 1.807) is 0 Å². The summed E-state index contributed by atoms with van der Waals surface area (Å²) in [5, 5.41) is 2.29. The number of rotatable bonds is 5. The van der Waals surface area contributed by atoms with Crippen LogP contribution in [-0.4, -0.2) is 41.8 Å². The molecule has 1 aromatic carbocycles. The zero-order valence-electron chi connectivity index (χ0n) is 18.6. The van der Waals surface area contributed by atoms with E-state index in [2.05, 4.69) is 10.3 Å². The Kier molecular flexibility index (Phi) is 5.95. The highest BCUT2D eigenvalue weighted by Crippen LogP contribution is 2.55. The largest absolute Gasteiger partial charge is 0.493 e. The molecule has 0 bridgehead atoms. The van der Waals surface area contributed by atoms with Crippen molar-refractivity contribution in [2.45, 2.75) is 37.6 Å². The van der Waals surface area contributed by atoms with Gasteiger partial charge in [0.1, 0.15) is 11.8 Å². The summed E-state index contributed by atoms with van der Waals surface area (Å²) in [7, 11) is 1.01. The fourth-order valence-corrected chi connectivity index (χ4v) is 3.84. The predicted molar refractivity (Wildman–Crippen MR) is 106 cm³/mol. The Labute approximate surface area is 186 Å². The normalized spacial score (nSPS) is 25.5. The van der Waals surface area contributed by atoms with Crippen molar-refractivity contribution in [2.24, 2.45) is 11.7 Å². The Morgan fingerprint density at radius 3 is 2.55 bits per heavy atom. The van der Waals surface area contributed by atoms with Gasteiger partial charge < -0.3 is 20.5 Å². The van der Waals surface area contributed by atoms with Gasteiger partial charge >= 0.3 is 6.18 Å². The maximum absolute atomic E-state index is 14.4. The molecular formula is C21H20F5N3O4. The average molecular weight is 474 g/mol. The van der Waals surface area contributed by atoms with Crippen molar-refractivity contribution >= 4 is 17.5 Å². The second-order valence-electron chi connectivity index (χ2n) is 7.67. The van der Waals surface area contributed by atoms with Gasteiger partial charge in [-0.25, -0.2) is 4.39 Å². The third kappa shape index (κ3) is 4.22. The minimum atomic E-state index is -4.92. The predicted octanol–water partition coefficient (Wildman–Crippen LogP) is 3.55. The number of nitrogens with zero attached hydrogens (tertiary/aromatic N) is 1. The third-order valence-electron chi connectivity index (χ3n) is 5.79. The average Bonchev–Trinajstić information content (AvgIpc) is 3.01. The van der Waals surface area contributed by atoms with Crippen molar-refractivity contribution in [3.05, 3.63) is 53.3 Å². The molecule has 33 heavy (non-hydrogen) atoms. The quantitative estimate of drug-likeness (QED) is 0.646. The molecule has 1 aliphatic heterocycles. The van der Waals surface area contributed by atoms with Crippen LogP contribution in [0, 0.1) is 17.6 Å². The Hall–Kier alpha value is -3.28. The summed E-state index contributed by atoms with van der Waals surface area (Å²) >= 11 is 0. The monoisotopic (exact) mass is 474 g/mol. The molecule has 3 N–H and O–H groups in total. The van der Waals surface area contributed by atoms with Crippen LogP contribution in [0.5, 0.6) is 5.75 Å². The van der Waals surface area contributed by atoms with Crippen LogP contribution in [-0.2, 0) is 9.53 Å². The molecule has 1 saturated heterocycles. The van der Waals surface area contributed by atoms with E-state index in [4.69, 9.17) is 16.6 Å². The van der Waals surface area contributed by atoms with Crippen molar-refractivity contribution in [1.82, 2.24) is 4.98 Å². The number of benzene rings is 1. The van der Waals surface area contributed by atoms with Crippen LogP contribution in [0.15, 0.2) is 30.4 Å². The highest BCUT2D eigenvalue weighted by molar-refractivity contribution is 5.97. The molecule has 7 nitrogen and oxygen atoms in total. The number of alkyl halides is 3. The van der Waals surface area contributed by atoms with Gasteiger partial charge in [0.2, 0.25) is 5.82 Å². The summed E-state index contributed by atoms with van der Waals surface area (Å²) in [5.41, 5.74) is 1.60. The number of methoxy groups -OCH3 is 1. The zero-order valence-corrected chi connectivity index (χ0v) is 17.6. The van der Waals surface area contributed by atoms with E-state index in [0.717, 1.165) is 32.2 Å². The lowest BCUT2D eigenvalue weighted by Crippen LogP contribution is -2.47. The maximum Gasteiger partial charge on any atom is 0.417 e. The number of hydrogen-bond acceptors (Lipinski definition) is 5. The van der Waals surface area contributed by atoms with E-state index in [1.807, 2.05) is 0 Å². The Morgan fingerprint density at radius 2 is 1.97 bits per heavy atom. The highest BCUT2D eigenvalue weighted by Gasteiger charge is 2.65. The summed E-state index contributed by atoms with van der Waals surface area (Å²) in [6.07, 6.45) is -7.19. The Balaban J connectivity index is 2.09. The number of aromatic nitrogens is 1. The topological polar surface area (TPSA) is 104 Å². The number of nitrogens with one attached hydrogen (secondary N) is 1. The van der Waals surface area contributed by atoms with Crippen LogP contribution in [0.2, 0.25) is 0 Å². The number of amides is 2. The Morgan fingerprint density at radius 1 is 1.30 bits per heavy atom. The lowest BCUT2D eigenvalue weighted by molar-refractivity contribution is -0.272. The maximum atomic E-state index is 14.4. The summed E-state index contributed by atoms with van der Waals surface area (Å²) in [4.78, 5) is 28.1. The van der Waals surface area contributed by atoms with Crippen molar-refractivity contribution in [3.63, 3.8) is 0 Å². The number of pyridine rings is 1. The molecule has 3 rings (SSSR count). The molecule has 0 aliphatic carbocycles. The van der Waals surface area contributed by atoms with Crippen LogP contribution in [0.25, 0.3) is 0 Å². The summed E-state index contributed by atoms with van der Waals surface area (Å²) in [5.74, 6) is -8.30. The molecule has 2 heterocycles. The number of carbonyl (C=O) groups excluding carboxylic acids is 2. The number of anilines is 1. The third-order valence-corrected chi connectivity index (χ3v) is 5.79. The molecule has 1 fully saturated rings. The van der Waals surface area contributed by atoms with Crippen LogP contribution in [0.3, 0.4) is 0 Å². The number of carbonyl (C=O) groups is 2. The SMILES string of the molecule is [2H]c1cc(NC(=O)[C@H]2O[C@@](C)(C(F)(F)F)[C@@H](C)[C@@H]2c2ccc(F)c(F)c2OC)cc(C(N)=O)n1. The standard InChI is InChI=1S/C21H20F5N3O4/c1-9-14(11-4-5-12(22)15(23)16(11)32-3)17(33-20(9,2)21(24,25)26)19(31)29-10-6-7-28-13(8-10)18(27)30/h4-9,14,17H,1-3H3,(H2,27,30)(H,28,29,31)/t9-,14+,17-,20+/m0/s1/i7D. The lowest BCUT2D eigenvalue weighted by Gasteiger charge is -2.32. The molecule has 0 spiro atoms. The van der Waals surface area contributed by atoms with Crippen molar-refractivity contribution in [2.75, 3.05) is 12.4 Å². The van der Waals surface area contributed by atoms with Gasteiger partial charge in [0.15, 0.2) is 17.2 Å². The highest BCUT2D eigenvalue weighted by atomic mass is 19.4. The molecule has 0 radical (unpaired) electrons. The summed E-state index contributed by atoms with van der Waals surface area (Å²) in [6.45, 7) is 1.93. The van der Waals surface area contributed by atoms with E-state index in [9.17, 15) is 31.5 Å². The minimum Gasteiger partial charge on any atom is -0.493 e. The fraction of sp³-hybridized carbons (Fsp3) is 0.381. The first-order valence-electron chi connectivity index (χ1n) is 10.1. The lowest BCUT2D eigenvalue weighted by atomic mass is 9.77. The van der Waals surface area contributed by atoms with Crippen molar-refractivity contribution < 1.29 is 42.4 Å². The molecule has 12 heteroatoms. The van der Waals surface area contributed by atoms with Gasteiger partial charge in [0.25, 0.3) is 11.8 Å². The molecule has 1 aliphatic rings. The zero-order chi connectivity index (χ0) is 25.6. The van der Waals surface area contributed by atoms with E-state index in [1.165, 1.54) is 6.92 Å². The summed E-state index contributed by atoms with van der Waals surface area (Å²) in [6, 6.07) is 3.82. The van der Waals surface area contributed by atoms with Crippen LogP contribution >= 0.6 is 0 Å². The van der Waals surface area contributed by atoms with Crippen LogP contribution < -0.4 is 15.8 Å². The van der Waals surface area contributed by atoms with E-state index in [0.29, 0.717) is 6.07 Å². The number of primary amides is 1. The number of ether oxygens (including phenoxy) is 2. The van der Waals surface area contributed by atoms with Gasteiger partial charge in [0, 0.05) is 29.3 Å². The molecule has 1 aromatic heterocycles. The Bertz CT molecular complexity index is 1150. The second kappa shape index (κ2) is 8.58. The molecule has 2 aromatic rings. The molecule has 178 valence electrons. The minimum absolute atomic E-state index is 0.147. The van der Waals surface area contributed by atoms with Gasteiger partial charge in [-0.3, -0.25) is 14.6 Å². The molecule has 4 atom stereocenters. The first-order valence-corrected chi connectivity index (χ1v) is 9.57. The first kappa shape index (κ1) is 22.9. The molecule has 0 saturated carbocycles. The van der Waals surface area contributed by atoms with Gasteiger partial charge in [-0.1, -0.05) is 13.0 Å². The molecular weight excluding hydrogens is 453 g/mol. The van der Waals surface area contributed by atoms with Gasteiger partial charge in [-0.15, -0.1) is 0 Å². The van der Waals surface area contributed by atoms with Crippen molar-refractivity contribution in [3.8, 4) is 5.75 Å². The smallest absolute Gasteiger partial charge is 0.417 e. The second-order valence-corrected chi connectivity index (χ2v) is 7.67. The number of halogens is 5. The number of nitrogens with two attached hydrogens (primary N) is 1. The van der Waals surface area contributed by atoms with Crippen LogP contribution in [0.1, 0.15) is 37.2 Å². The first-order chi connectivity index (χ1) is 15.7. The van der Waals surface area contributed by atoms with Gasteiger partial charge in [-0.05, 0) is 25.1 Å². The van der Waals surface area contributed by atoms with Gasteiger partial charge in [-0.2, -0.15) is 17.6 Å². The van der Waals surface area contributed by atoms with Gasteiger partial charge in [0.05, 0.1) is 8.48 Å². The van der Waals surface area contributed by atoms with E-state index in [-0.39, 0.29) is 16.9 Å². The van der Waals surface area contributed by atoms with Crippen molar-refractivity contribution in [1.29, 1.82) is 0 Å². The molecule has 2 amide bonds. The summed E-state index contributed by atoms with van der Waals surface area (Å²) < 4.78 is 87.8. The van der Waals surface area contributed by atoms with E-state index >= 15 is 0 Å². The van der Waals surface area contributed by atoms with Crippen LogP contribution in [0.4, 0.5) is 27.6 Å². The number of hydrogen-bond donors (Lipinski definition) is 2. The molecule has 0 unspecified atom stereocenters. The van der Waals surface area contributed by atoms with E-state index < -0.39 is 65.1 Å².